The van der Waals surface area contributed by atoms with E-state index in [4.69, 9.17) is 6.42 Å². The number of hydrogen-bond donors (Lipinski definition) is 1. The van der Waals surface area contributed by atoms with E-state index in [2.05, 4.69) is 11.2 Å². The van der Waals surface area contributed by atoms with Gasteiger partial charge in [0.2, 0.25) is 0 Å². The lowest BCUT2D eigenvalue weighted by Gasteiger charge is -2.21. The van der Waals surface area contributed by atoms with Crippen LogP contribution in [0.3, 0.4) is 0 Å². The van der Waals surface area contributed by atoms with Crippen LogP contribution in [0.5, 0.6) is 0 Å². The van der Waals surface area contributed by atoms with Crippen molar-refractivity contribution in [1.82, 2.24) is 5.32 Å². The second-order valence-corrected chi connectivity index (χ2v) is 1.46. The Hall–Kier alpha value is -0.190. The van der Waals surface area contributed by atoms with Crippen LogP contribution in [0.15, 0.2) is 0 Å². The molecule has 1 atom stereocenters. The second-order valence-electron chi connectivity index (χ2n) is 1.46. The third-order valence-electron chi connectivity index (χ3n) is 1.02. The van der Waals surface area contributed by atoms with Crippen LogP contribution < -0.4 is 5.32 Å². The molecule has 0 saturated carbocycles. The fraction of sp³-hybridized carbons (Fsp3) is 0.600. The van der Waals surface area contributed by atoms with Crippen LogP contribution in [0.25, 0.3) is 0 Å². The first-order valence-corrected chi connectivity index (χ1v) is 2.13. The highest BCUT2D eigenvalue weighted by Crippen LogP contribution is 1.97. The van der Waals surface area contributed by atoms with E-state index in [1.807, 2.05) is 0 Å². The summed E-state index contributed by atoms with van der Waals surface area (Å²) in [6.07, 6.45) is 6.18. The average Bonchev–Trinajstić information content (AvgIpc) is 1.31. The Labute approximate surface area is 49.9 Å². The largest absolute Gasteiger partial charge is 0.304 e. The molecule has 1 N–H and O–H groups in total. The quantitative estimate of drug-likeness (QED) is 0.453. The number of terminal acetylenes is 1. The summed E-state index contributed by atoms with van der Waals surface area (Å²) in [7, 11) is 0. The summed E-state index contributed by atoms with van der Waals surface area (Å²) in [5.41, 5.74) is 0. The van der Waals surface area contributed by atoms with Gasteiger partial charge in [0.1, 0.15) is 0 Å². The van der Waals surface area contributed by atoms with Gasteiger partial charge in [-0.2, -0.15) is 0 Å². The predicted octanol–water partition coefficient (Wildman–Crippen LogP) is 0.403. The first kappa shape index (κ1) is 6.81. The van der Waals surface area contributed by atoms with Crippen molar-refractivity contribution in [2.45, 2.75) is 12.5 Å². The Balaban J connectivity index is 0.000000360. The van der Waals surface area contributed by atoms with Crippen LogP contribution >= 0.6 is 12.4 Å². The summed E-state index contributed by atoms with van der Waals surface area (Å²) >= 11 is 0. The Morgan fingerprint density at radius 1 is 1.71 bits per heavy atom. The second kappa shape index (κ2) is 2.90. The Kier molecular flexibility index (Phi) is 2.82. The molecule has 1 fully saturated rings. The molecule has 0 spiro atoms. The molecule has 0 aromatic carbocycles. The van der Waals surface area contributed by atoms with Gasteiger partial charge < -0.3 is 5.32 Å². The number of hydrogen-bond acceptors (Lipinski definition) is 1. The molecule has 0 aromatic rings. The van der Waals surface area contributed by atoms with Gasteiger partial charge in [0.15, 0.2) is 0 Å². The van der Waals surface area contributed by atoms with E-state index in [1.165, 1.54) is 0 Å². The molecule has 0 aliphatic carbocycles. The van der Waals surface area contributed by atoms with Crippen molar-refractivity contribution in [2.75, 3.05) is 6.54 Å². The van der Waals surface area contributed by atoms with Crippen molar-refractivity contribution < 1.29 is 0 Å². The first-order valence-electron chi connectivity index (χ1n) is 2.13. The summed E-state index contributed by atoms with van der Waals surface area (Å²) in [5, 5.41) is 3.06. The molecule has 1 aliphatic rings. The van der Waals surface area contributed by atoms with Crippen molar-refractivity contribution in [3.63, 3.8) is 0 Å². The van der Waals surface area contributed by atoms with E-state index in [9.17, 15) is 0 Å². The van der Waals surface area contributed by atoms with Crippen molar-refractivity contribution in [3.05, 3.63) is 0 Å². The van der Waals surface area contributed by atoms with Crippen LogP contribution in [0, 0.1) is 12.3 Å². The SMILES string of the molecule is C#CC1CCN1.Cl. The van der Waals surface area contributed by atoms with Gasteiger partial charge in [0.05, 0.1) is 6.04 Å². The average molecular weight is 118 g/mol. The summed E-state index contributed by atoms with van der Waals surface area (Å²) in [6.45, 7) is 1.11. The van der Waals surface area contributed by atoms with Gasteiger partial charge in [-0.05, 0) is 13.0 Å². The number of rotatable bonds is 0. The zero-order valence-corrected chi connectivity index (χ0v) is 4.79. The van der Waals surface area contributed by atoms with Gasteiger partial charge >= 0.3 is 0 Å². The Morgan fingerprint density at radius 3 is 2.29 bits per heavy atom. The topological polar surface area (TPSA) is 12.0 Å². The Morgan fingerprint density at radius 2 is 2.29 bits per heavy atom. The minimum Gasteiger partial charge on any atom is -0.304 e. The summed E-state index contributed by atoms with van der Waals surface area (Å²) in [4.78, 5) is 0. The lowest BCUT2D eigenvalue weighted by atomic mass is 10.1. The molecule has 1 unspecified atom stereocenters. The molecule has 1 rings (SSSR count). The van der Waals surface area contributed by atoms with E-state index in [-0.39, 0.29) is 12.4 Å². The molecular weight excluding hydrogens is 110 g/mol. The molecule has 2 heteroatoms. The molecule has 1 heterocycles. The molecule has 7 heavy (non-hydrogen) atoms. The molecule has 0 bridgehead atoms. The molecule has 1 saturated heterocycles. The van der Waals surface area contributed by atoms with Crippen LogP contribution in [-0.4, -0.2) is 12.6 Å². The molecular formula is C5H8ClN. The maximum atomic E-state index is 5.02. The number of halogens is 1. The van der Waals surface area contributed by atoms with Gasteiger partial charge in [-0.3, -0.25) is 0 Å². The molecule has 40 valence electrons. The van der Waals surface area contributed by atoms with Gasteiger partial charge in [0, 0.05) is 0 Å². The minimum atomic E-state index is 0. The van der Waals surface area contributed by atoms with Crippen LogP contribution in [0.1, 0.15) is 6.42 Å². The summed E-state index contributed by atoms with van der Waals surface area (Å²) in [5.74, 6) is 2.59. The van der Waals surface area contributed by atoms with E-state index < -0.39 is 0 Å². The molecule has 1 aliphatic heterocycles. The van der Waals surface area contributed by atoms with E-state index >= 15 is 0 Å². The first-order chi connectivity index (χ1) is 2.93. The highest BCUT2D eigenvalue weighted by atomic mass is 35.5. The van der Waals surface area contributed by atoms with E-state index in [1.54, 1.807) is 0 Å². The van der Waals surface area contributed by atoms with Crippen molar-refractivity contribution in [1.29, 1.82) is 0 Å². The van der Waals surface area contributed by atoms with Crippen LogP contribution in [-0.2, 0) is 0 Å². The minimum absolute atomic E-state index is 0. The fourth-order valence-electron chi connectivity index (χ4n) is 0.431. The molecule has 0 radical (unpaired) electrons. The van der Waals surface area contributed by atoms with Crippen LogP contribution in [0.2, 0.25) is 0 Å². The molecule has 1 nitrogen and oxygen atoms in total. The van der Waals surface area contributed by atoms with E-state index in [0.717, 1.165) is 13.0 Å². The lowest BCUT2D eigenvalue weighted by molar-refractivity contribution is 0.449. The third kappa shape index (κ3) is 1.38. The maximum absolute atomic E-state index is 5.02. The third-order valence-corrected chi connectivity index (χ3v) is 1.02. The predicted molar refractivity (Wildman–Crippen MR) is 32.5 cm³/mol. The normalized spacial score (nSPS) is 26.4. The van der Waals surface area contributed by atoms with Gasteiger partial charge in [-0.1, -0.05) is 5.92 Å². The highest BCUT2D eigenvalue weighted by Gasteiger charge is 2.10. The van der Waals surface area contributed by atoms with Gasteiger partial charge in [-0.25, -0.2) is 0 Å². The van der Waals surface area contributed by atoms with Crippen LogP contribution in [0.4, 0.5) is 0 Å². The Bertz CT molecular complexity index is 80.6. The van der Waals surface area contributed by atoms with Crippen molar-refractivity contribution in [3.8, 4) is 12.3 Å². The van der Waals surface area contributed by atoms with Crippen molar-refractivity contribution in [2.24, 2.45) is 0 Å². The fourth-order valence-corrected chi connectivity index (χ4v) is 0.431. The number of nitrogens with one attached hydrogen (secondary N) is 1. The summed E-state index contributed by atoms with van der Waals surface area (Å²) < 4.78 is 0. The zero-order chi connectivity index (χ0) is 4.41. The monoisotopic (exact) mass is 117 g/mol. The van der Waals surface area contributed by atoms with Crippen molar-refractivity contribution >= 4 is 12.4 Å². The van der Waals surface area contributed by atoms with Gasteiger partial charge in [0.25, 0.3) is 0 Å². The van der Waals surface area contributed by atoms with E-state index in [0.29, 0.717) is 6.04 Å². The highest BCUT2D eigenvalue weighted by molar-refractivity contribution is 5.85. The molecule has 0 amide bonds. The smallest absolute Gasteiger partial charge is 0.0699 e. The lowest BCUT2D eigenvalue weighted by Crippen LogP contribution is -2.41. The van der Waals surface area contributed by atoms with Gasteiger partial charge in [-0.15, -0.1) is 18.8 Å². The maximum Gasteiger partial charge on any atom is 0.0699 e. The molecule has 0 aromatic heterocycles. The standard InChI is InChI=1S/C5H7N.ClH/c1-2-5-3-4-6-5;/h1,5-6H,3-4H2;1H. The summed E-state index contributed by atoms with van der Waals surface area (Å²) in [6, 6.07) is 0.394. The zero-order valence-electron chi connectivity index (χ0n) is 3.98.